The van der Waals surface area contributed by atoms with Gasteiger partial charge in [0, 0.05) is 10.4 Å². The average Bonchev–Trinajstić information content (AvgIpc) is 2.18. The Hall–Kier alpha value is -1.48. The number of aliphatic hydroxyl groups excluding tert-OH is 2. The highest BCUT2D eigenvalue weighted by atomic mass is 16.2. The topological polar surface area (TPSA) is 66.5 Å². The van der Waals surface area contributed by atoms with E-state index in [1.54, 1.807) is 12.1 Å². The molecule has 3 nitrogen and oxygen atoms in total. The third kappa shape index (κ3) is 2.23. The summed E-state index contributed by atoms with van der Waals surface area (Å²) in [4.78, 5) is 0. The maximum atomic E-state index is 8.85. The molecule has 13 heavy (non-hydrogen) atoms. The summed E-state index contributed by atoms with van der Waals surface area (Å²) in [6, 6.07) is 5.42. The maximum absolute atomic E-state index is 8.85. The Balaban J connectivity index is 3.23. The summed E-state index contributed by atoms with van der Waals surface area (Å²) >= 11 is 0. The van der Waals surface area contributed by atoms with Gasteiger partial charge in [0.1, 0.15) is 0 Å². The van der Waals surface area contributed by atoms with Crippen LogP contribution in [0.15, 0.2) is 18.2 Å². The monoisotopic (exact) mass is 179 g/mol. The Morgan fingerprint density at radius 1 is 1.15 bits per heavy atom. The van der Waals surface area contributed by atoms with Gasteiger partial charge in [-0.3, -0.25) is 0 Å². The fraction of sp³-hybridized carbons (Fsp3) is 0.200. The normalized spacial score (nSPS) is 13.6. The van der Waals surface area contributed by atoms with Gasteiger partial charge in [-0.05, 0) is 24.6 Å². The third-order valence-corrected chi connectivity index (χ3v) is 1.86. The molecule has 0 atom stereocenters. The predicted molar refractivity (Wildman–Crippen MR) is 52.6 cm³/mol. The summed E-state index contributed by atoms with van der Waals surface area (Å²) in [5.74, 6) is 0. The van der Waals surface area contributed by atoms with E-state index >= 15 is 0 Å². The molecule has 0 fully saturated rings. The largest absolute Gasteiger partial charge is 0.515 e. The first-order valence-corrected chi connectivity index (χ1v) is 4.09. The van der Waals surface area contributed by atoms with Crippen LogP contribution in [0.4, 0.5) is 0 Å². The molecule has 3 heteroatoms. The van der Waals surface area contributed by atoms with E-state index in [1.165, 1.54) is 0 Å². The summed E-state index contributed by atoms with van der Waals surface area (Å²) in [5, 5.41) is 18.8. The maximum Gasteiger partial charge on any atom is 0.0871 e. The second kappa shape index (κ2) is 4.52. The van der Waals surface area contributed by atoms with E-state index in [-0.39, 0.29) is 0 Å². The third-order valence-electron chi connectivity index (χ3n) is 1.86. The smallest absolute Gasteiger partial charge is 0.0871 e. The standard InChI is InChI=1S/C10H13NO2/c11-4-3-8-1-2-9(6-12)10(5-8)7-13/h1-2,5-7,12-13H,3-4,11H2. The Morgan fingerprint density at radius 2 is 1.85 bits per heavy atom. The first kappa shape index (κ1) is 9.61. The molecule has 0 heterocycles. The zero-order valence-corrected chi connectivity index (χ0v) is 7.27. The molecular weight excluding hydrogens is 166 g/mol. The molecule has 0 aromatic heterocycles. The Kier molecular flexibility index (Phi) is 3.34. The molecule has 1 aromatic rings. The van der Waals surface area contributed by atoms with Gasteiger partial charge < -0.3 is 15.9 Å². The second-order valence-electron chi connectivity index (χ2n) is 2.76. The Bertz CT molecular complexity index is 384. The van der Waals surface area contributed by atoms with Crippen LogP contribution in [0.5, 0.6) is 0 Å². The van der Waals surface area contributed by atoms with Crippen molar-refractivity contribution >= 4 is 12.5 Å². The van der Waals surface area contributed by atoms with Crippen molar-refractivity contribution in [3.8, 4) is 0 Å². The van der Waals surface area contributed by atoms with Crippen LogP contribution in [0, 0.1) is 0 Å². The Labute approximate surface area is 76.4 Å². The van der Waals surface area contributed by atoms with E-state index in [2.05, 4.69) is 0 Å². The molecule has 0 aliphatic rings. The number of hydrogen-bond acceptors (Lipinski definition) is 3. The van der Waals surface area contributed by atoms with Gasteiger partial charge in [-0.15, -0.1) is 0 Å². The zero-order chi connectivity index (χ0) is 9.68. The molecule has 0 bridgehead atoms. The van der Waals surface area contributed by atoms with Crippen molar-refractivity contribution in [2.24, 2.45) is 5.73 Å². The van der Waals surface area contributed by atoms with Gasteiger partial charge in [-0.1, -0.05) is 12.1 Å². The van der Waals surface area contributed by atoms with Gasteiger partial charge in [0.2, 0.25) is 0 Å². The lowest BCUT2D eigenvalue weighted by molar-refractivity contribution is 0.533. The summed E-state index contributed by atoms with van der Waals surface area (Å²) in [6.45, 7) is 0.576. The lowest BCUT2D eigenvalue weighted by atomic mass is 10.1. The predicted octanol–water partition coefficient (Wildman–Crippen LogP) is -0.220. The molecular formula is C10H13NO2. The van der Waals surface area contributed by atoms with Crippen LogP contribution in [0.2, 0.25) is 0 Å². The van der Waals surface area contributed by atoms with Gasteiger partial charge >= 0.3 is 0 Å². The lowest BCUT2D eigenvalue weighted by Crippen LogP contribution is -2.25. The van der Waals surface area contributed by atoms with Crippen molar-refractivity contribution in [2.75, 3.05) is 6.54 Å². The van der Waals surface area contributed by atoms with Gasteiger partial charge in [-0.2, -0.15) is 0 Å². The quantitative estimate of drug-likeness (QED) is 0.588. The van der Waals surface area contributed by atoms with Gasteiger partial charge in [-0.25, -0.2) is 0 Å². The molecule has 0 amide bonds. The molecule has 0 saturated heterocycles. The molecule has 1 rings (SSSR count). The molecule has 0 aliphatic heterocycles. The highest BCUT2D eigenvalue weighted by Crippen LogP contribution is 1.91. The van der Waals surface area contributed by atoms with Crippen LogP contribution in [0.25, 0.3) is 12.5 Å². The number of benzene rings is 1. The van der Waals surface area contributed by atoms with Crippen molar-refractivity contribution in [1.29, 1.82) is 0 Å². The molecule has 4 N–H and O–H groups in total. The average molecular weight is 179 g/mol. The van der Waals surface area contributed by atoms with E-state index in [4.69, 9.17) is 15.9 Å². The summed E-state index contributed by atoms with van der Waals surface area (Å²) < 4.78 is 0. The van der Waals surface area contributed by atoms with Crippen LogP contribution in [0.1, 0.15) is 5.56 Å². The zero-order valence-electron chi connectivity index (χ0n) is 7.27. The van der Waals surface area contributed by atoms with Crippen LogP contribution in [-0.4, -0.2) is 16.8 Å². The van der Waals surface area contributed by atoms with Gasteiger partial charge in [0.05, 0.1) is 12.5 Å². The highest BCUT2D eigenvalue weighted by molar-refractivity contribution is 5.27. The number of aliphatic hydroxyl groups is 2. The minimum Gasteiger partial charge on any atom is -0.515 e. The van der Waals surface area contributed by atoms with E-state index in [1.807, 2.05) is 6.07 Å². The van der Waals surface area contributed by atoms with Crippen LogP contribution < -0.4 is 16.2 Å². The van der Waals surface area contributed by atoms with Crippen molar-refractivity contribution in [3.05, 3.63) is 34.2 Å². The van der Waals surface area contributed by atoms with E-state index < -0.39 is 0 Å². The minimum atomic E-state index is 0.576. The van der Waals surface area contributed by atoms with Crippen LogP contribution in [0.3, 0.4) is 0 Å². The van der Waals surface area contributed by atoms with Gasteiger partial charge in [0.15, 0.2) is 0 Å². The lowest BCUT2D eigenvalue weighted by Gasteiger charge is -1.97. The molecule has 0 aliphatic carbocycles. The van der Waals surface area contributed by atoms with Gasteiger partial charge in [0.25, 0.3) is 0 Å². The fourth-order valence-corrected chi connectivity index (χ4v) is 1.18. The Morgan fingerprint density at radius 3 is 2.38 bits per heavy atom. The number of rotatable bonds is 2. The van der Waals surface area contributed by atoms with Crippen molar-refractivity contribution in [3.63, 3.8) is 0 Å². The molecule has 70 valence electrons. The SMILES string of the molecule is NCCc1ccc(=CO)c(=CO)c1. The van der Waals surface area contributed by atoms with Crippen molar-refractivity contribution in [2.45, 2.75) is 6.42 Å². The van der Waals surface area contributed by atoms with Crippen LogP contribution in [-0.2, 0) is 6.42 Å². The van der Waals surface area contributed by atoms with E-state index in [9.17, 15) is 0 Å². The summed E-state index contributed by atoms with van der Waals surface area (Å²) in [7, 11) is 0. The van der Waals surface area contributed by atoms with E-state index in [0.717, 1.165) is 24.5 Å². The summed E-state index contributed by atoms with van der Waals surface area (Å²) in [5.41, 5.74) is 6.44. The highest BCUT2D eigenvalue weighted by Gasteiger charge is 1.91. The van der Waals surface area contributed by atoms with Crippen LogP contribution >= 0.6 is 0 Å². The number of nitrogens with two attached hydrogens (primary N) is 1. The molecule has 0 radical (unpaired) electrons. The first-order valence-electron chi connectivity index (χ1n) is 4.09. The molecule has 1 aromatic carbocycles. The second-order valence-corrected chi connectivity index (χ2v) is 2.76. The first-order chi connectivity index (χ1) is 6.31. The fourth-order valence-electron chi connectivity index (χ4n) is 1.18. The molecule has 0 saturated carbocycles. The molecule has 0 unspecified atom stereocenters. The molecule has 0 spiro atoms. The van der Waals surface area contributed by atoms with Crippen molar-refractivity contribution < 1.29 is 10.2 Å². The van der Waals surface area contributed by atoms with Crippen molar-refractivity contribution in [1.82, 2.24) is 0 Å². The summed E-state index contributed by atoms with van der Waals surface area (Å²) in [6.07, 6.45) is 2.71. The minimum absolute atomic E-state index is 0.576. The van der Waals surface area contributed by atoms with E-state index in [0.29, 0.717) is 17.0 Å². The number of hydrogen-bond donors (Lipinski definition) is 3.